The lowest BCUT2D eigenvalue weighted by Gasteiger charge is -2.43. The minimum absolute atomic E-state index is 0.435. The van der Waals surface area contributed by atoms with E-state index in [1.54, 1.807) is 0 Å². The van der Waals surface area contributed by atoms with Gasteiger partial charge in [0.1, 0.15) is 0 Å². The number of hydrogen-bond acceptors (Lipinski definition) is 2. The third-order valence-corrected chi connectivity index (χ3v) is 5.49. The van der Waals surface area contributed by atoms with Crippen LogP contribution in [0.2, 0.25) is 0 Å². The van der Waals surface area contributed by atoms with Crippen LogP contribution in [0.25, 0.3) is 0 Å². The molecule has 1 saturated heterocycles. The number of likely N-dealkylation sites (tertiary alicyclic amines) is 1. The molecule has 0 aromatic heterocycles. The van der Waals surface area contributed by atoms with Gasteiger partial charge in [-0.05, 0) is 56.0 Å². The van der Waals surface area contributed by atoms with Gasteiger partial charge >= 0.3 is 0 Å². The fourth-order valence-corrected chi connectivity index (χ4v) is 4.04. The fourth-order valence-electron chi connectivity index (χ4n) is 4.04. The van der Waals surface area contributed by atoms with Gasteiger partial charge in [-0.2, -0.15) is 0 Å². The average Bonchev–Trinajstić information content (AvgIpc) is 2.80. The first-order valence-electron chi connectivity index (χ1n) is 8.00. The van der Waals surface area contributed by atoms with E-state index in [0.29, 0.717) is 5.41 Å². The molecule has 1 aliphatic carbocycles. The summed E-state index contributed by atoms with van der Waals surface area (Å²) in [6, 6.07) is 0.813. The summed E-state index contributed by atoms with van der Waals surface area (Å²) in [6.45, 7) is 10.6. The summed E-state index contributed by atoms with van der Waals surface area (Å²) in [4.78, 5) is 2.76. The second kappa shape index (κ2) is 5.92. The summed E-state index contributed by atoms with van der Waals surface area (Å²) >= 11 is 0. The summed E-state index contributed by atoms with van der Waals surface area (Å²) in [7, 11) is 0. The normalized spacial score (nSPS) is 38.5. The molecule has 2 fully saturated rings. The van der Waals surface area contributed by atoms with E-state index in [1.165, 1.54) is 51.6 Å². The highest BCUT2D eigenvalue weighted by Crippen LogP contribution is 2.40. The Morgan fingerprint density at radius 1 is 1.22 bits per heavy atom. The molecule has 2 rings (SSSR count). The van der Waals surface area contributed by atoms with Gasteiger partial charge in [0.25, 0.3) is 0 Å². The summed E-state index contributed by atoms with van der Waals surface area (Å²) in [5.41, 5.74) is 6.59. The third kappa shape index (κ3) is 3.08. The van der Waals surface area contributed by atoms with E-state index in [0.717, 1.165) is 24.4 Å². The Labute approximate surface area is 113 Å². The van der Waals surface area contributed by atoms with Crippen molar-refractivity contribution in [2.24, 2.45) is 23.0 Å². The van der Waals surface area contributed by atoms with Crippen molar-refractivity contribution in [3.05, 3.63) is 0 Å². The lowest BCUT2D eigenvalue weighted by Crippen LogP contribution is -2.47. The first-order chi connectivity index (χ1) is 8.56. The highest BCUT2D eigenvalue weighted by Gasteiger charge is 2.38. The maximum Gasteiger partial charge on any atom is 0.0119 e. The zero-order valence-electron chi connectivity index (χ0n) is 12.6. The predicted molar refractivity (Wildman–Crippen MR) is 78.6 cm³/mol. The van der Waals surface area contributed by atoms with Crippen molar-refractivity contribution >= 4 is 0 Å². The van der Waals surface area contributed by atoms with Gasteiger partial charge in [-0.3, -0.25) is 4.90 Å². The number of hydrogen-bond donors (Lipinski definition) is 1. The molecule has 2 N–H and O–H groups in total. The molecule has 1 aliphatic heterocycles. The van der Waals surface area contributed by atoms with Crippen molar-refractivity contribution in [2.75, 3.05) is 19.6 Å². The first-order valence-corrected chi connectivity index (χ1v) is 8.00. The Morgan fingerprint density at radius 2 is 1.89 bits per heavy atom. The van der Waals surface area contributed by atoms with E-state index in [-0.39, 0.29) is 0 Å². The minimum atomic E-state index is 0.435. The molecule has 18 heavy (non-hydrogen) atoms. The molecule has 1 saturated carbocycles. The van der Waals surface area contributed by atoms with Crippen molar-refractivity contribution in [1.82, 2.24) is 4.90 Å². The van der Waals surface area contributed by atoms with Crippen molar-refractivity contribution in [1.29, 1.82) is 0 Å². The predicted octanol–water partition coefficient (Wildman–Crippen LogP) is 3.26. The highest BCUT2D eigenvalue weighted by atomic mass is 15.2. The lowest BCUT2D eigenvalue weighted by molar-refractivity contribution is 0.0766. The van der Waals surface area contributed by atoms with Crippen LogP contribution in [0, 0.1) is 17.3 Å². The summed E-state index contributed by atoms with van der Waals surface area (Å²) < 4.78 is 0. The van der Waals surface area contributed by atoms with Gasteiger partial charge in [0.2, 0.25) is 0 Å². The van der Waals surface area contributed by atoms with Gasteiger partial charge in [0.15, 0.2) is 0 Å². The van der Waals surface area contributed by atoms with Gasteiger partial charge in [0.05, 0.1) is 0 Å². The zero-order valence-corrected chi connectivity index (χ0v) is 12.6. The molecule has 106 valence electrons. The van der Waals surface area contributed by atoms with Crippen LogP contribution in [0.1, 0.15) is 59.3 Å². The molecule has 0 amide bonds. The topological polar surface area (TPSA) is 29.3 Å². The molecule has 1 heterocycles. The van der Waals surface area contributed by atoms with Gasteiger partial charge in [-0.1, -0.05) is 33.6 Å². The smallest absolute Gasteiger partial charge is 0.0119 e. The number of nitrogens with two attached hydrogens (primary N) is 1. The van der Waals surface area contributed by atoms with Gasteiger partial charge in [-0.25, -0.2) is 0 Å². The SMILES string of the molecule is CC1CCC(CN)(CN2CCCC2C(C)C)CC1. The van der Waals surface area contributed by atoms with Crippen molar-refractivity contribution in [3.63, 3.8) is 0 Å². The molecular formula is C16H32N2. The van der Waals surface area contributed by atoms with Crippen molar-refractivity contribution in [3.8, 4) is 0 Å². The number of rotatable bonds is 4. The largest absolute Gasteiger partial charge is 0.330 e. The Kier molecular flexibility index (Phi) is 4.71. The van der Waals surface area contributed by atoms with E-state index in [9.17, 15) is 0 Å². The molecule has 0 spiro atoms. The van der Waals surface area contributed by atoms with E-state index in [1.807, 2.05) is 0 Å². The van der Waals surface area contributed by atoms with Crippen LogP contribution in [0.4, 0.5) is 0 Å². The molecule has 1 atom stereocenters. The molecule has 0 aromatic carbocycles. The fraction of sp³-hybridized carbons (Fsp3) is 1.00. The highest BCUT2D eigenvalue weighted by molar-refractivity contribution is 4.92. The van der Waals surface area contributed by atoms with E-state index < -0.39 is 0 Å². The molecule has 0 aromatic rings. The average molecular weight is 252 g/mol. The maximum atomic E-state index is 6.16. The van der Waals surface area contributed by atoms with E-state index in [2.05, 4.69) is 25.7 Å². The van der Waals surface area contributed by atoms with Gasteiger partial charge < -0.3 is 5.73 Å². The molecular weight excluding hydrogens is 220 g/mol. The van der Waals surface area contributed by atoms with Gasteiger partial charge in [-0.15, -0.1) is 0 Å². The van der Waals surface area contributed by atoms with Crippen LogP contribution in [0.3, 0.4) is 0 Å². The quantitative estimate of drug-likeness (QED) is 0.832. The van der Waals surface area contributed by atoms with Crippen molar-refractivity contribution in [2.45, 2.75) is 65.3 Å². The van der Waals surface area contributed by atoms with Crippen LogP contribution in [0.5, 0.6) is 0 Å². The first kappa shape index (κ1) is 14.3. The minimum Gasteiger partial charge on any atom is -0.330 e. The van der Waals surface area contributed by atoms with Crippen LogP contribution >= 0.6 is 0 Å². The summed E-state index contributed by atoms with van der Waals surface area (Å²) in [5.74, 6) is 1.72. The Balaban J connectivity index is 1.97. The van der Waals surface area contributed by atoms with Crippen LogP contribution in [0.15, 0.2) is 0 Å². The lowest BCUT2D eigenvalue weighted by atomic mass is 9.70. The molecule has 2 aliphatic rings. The monoisotopic (exact) mass is 252 g/mol. The third-order valence-electron chi connectivity index (χ3n) is 5.49. The molecule has 2 heteroatoms. The van der Waals surface area contributed by atoms with Gasteiger partial charge in [0, 0.05) is 12.6 Å². The Hall–Kier alpha value is -0.0800. The summed E-state index contributed by atoms with van der Waals surface area (Å²) in [6.07, 6.45) is 8.27. The second-order valence-electron chi connectivity index (χ2n) is 7.31. The molecule has 0 bridgehead atoms. The maximum absolute atomic E-state index is 6.16. The Bertz CT molecular complexity index is 254. The van der Waals surface area contributed by atoms with Crippen LogP contribution < -0.4 is 5.73 Å². The van der Waals surface area contributed by atoms with E-state index in [4.69, 9.17) is 5.73 Å². The van der Waals surface area contributed by atoms with Crippen LogP contribution in [-0.2, 0) is 0 Å². The zero-order chi connectivity index (χ0) is 13.2. The number of nitrogens with zero attached hydrogens (tertiary/aromatic N) is 1. The molecule has 1 unspecified atom stereocenters. The Morgan fingerprint density at radius 3 is 2.44 bits per heavy atom. The second-order valence-corrected chi connectivity index (χ2v) is 7.31. The standard InChI is InChI=1S/C16H32N2/c1-13(2)15-5-4-10-18(15)12-16(11-17)8-6-14(3)7-9-16/h13-15H,4-12,17H2,1-3H3. The van der Waals surface area contributed by atoms with Crippen molar-refractivity contribution < 1.29 is 0 Å². The molecule has 0 radical (unpaired) electrons. The summed E-state index contributed by atoms with van der Waals surface area (Å²) in [5, 5.41) is 0. The molecule has 2 nitrogen and oxygen atoms in total. The van der Waals surface area contributed by atoms with Crippen LogP contribution in [-0.4, -0.2) is 30.6 Å². The van der Waals surface area contributed by atoms with E-state index >= 15 is 0 Å².